The highest BCUT2D eigenvalue weighted by Gasteiger charge is 2.13. The molecule has 2 aromatic rings. The van der Waals surface area contributed by atoms with Crippen LogP contribution in [0.15, 0.2) is 59.7 Å². The van der Waals surface area contributed by atoms with Gasteiger partial charge in [0.1, 0.15) is 11.2 Å². The average molecular weight is 309 g/mol. The predicted octanol–water partition coefficient (Wildman–Crippen LogP) is 4.02. The van der Waals surface area contributed by atoms with Crippen LogP contribution in [0.3, 0.4) is 0 Å². The van der Waals surface area contributed by atoms with E-state index in [1.54, 1.807) is 36.4 Å². The van der Waals surface area contributed by atoms with E-state index in [1.165, 1.54) is 18.2 Å². The van der Waals surface area contributed by atoms with Gasteiger partial charge in [-0.3, -0.25) is 0 Å². The Morgan fingerprint density at radius 3 is 2.45 bits per heavy atom. The van der Waals surface area contributed by atoms with Gasteiger partial charge in [0.2, 0.25) is 0 Å². The summed E-state index contributed by atoms with van der Waals surface area (Å²) >= 11 is 5.83. The van der Waals surface area contributed by atoms with Gasteiger partial charge >= 0.3 is 10.1 Å². The molecule has 0 aliphatic heterocycles. The normalized spacial score (nSPS) is 11.7. The van der Waals surface area contributed by atoms with Crippen molar-refractivity contribution in [2.75, 3.05) is 0 Å². The molecule has 0 saturated heterocycles. The molecule has 0 aliphatic rings. The molecule has 5 heteroatoms. The lowest BCUT2D eigenvalue weighted by atomic mass is 10.2. The van der Waals surface area contributed by atoms with E-state index in [-0.39, 0.29) is 4.90 Å². The minimum absolute atomic E-state index is 0.124. The molecule has 0 fully saturated rings. The fraction of sp³-hybridized carbons (Fsp3) is 0.0667. The first-order valence-corrected chi connectivity index (χ1v) is 7.68. The highest BCUT2D eigenvalue weighted by Crippen LogP contribution is 2.15. The summed E-state index contributed by atoms with van der Waals surface area (Å²) in [7, 11) is -3.78. The van der Waals surface area contributed by atoms with Gasteiger partial charge in [-0.25, -0.2) is 0 Å². The van der Waals surface area contributed by atoms with Crippen LogP contribution in [-0.4, -0.2) is 8.42 Å². The molecule has 0 radical (unpaired) electrons. The van der Waals surface area contributed by atoms with Gasteiger partial charge in [-0.05, 0) is 42.8 Å². The van der Waals surface area contributed by atoms with E-state index in [9.17, 15) is 8.42 Å². The second-order valence-corrected chi connectivity index (χ2v) is 6.23. The lowest BCUT2D eigenvalue weighted by Gasteiger charge is -2.03. The first-order valence-electron chi connectivity index (χ1n) is 5.89. The number of hydrogen-bond donors (Lipinski definition) is 0. The minimum atomic E-state index is -3.78. The second-order valence-electron chi connectivity index (χ2n) is 4.22. The van der Waals surface area contributed by atoms with Gasteiger partial charge in [-0.15, -0.1) is 0 Å². The molecule has 3 nitrogen and oxygen atoms in total. The summed E-state index contributed by atoms with van der Waals surface area (Å²) in [5.41, 5.74) is 1.75. The first kappa shape index (κ1) is 14.6. The molecule has 20 heavy (non-hydrogen) atoms. The maximum Gasteiger partial charge on any atom is 0.338 e. The molecule has 0 unspecified atom stereocenters. The van der Waals surface area contributed by atoms with Crippen LogP contribution in [0.2, 0.25) is 5.02 Å². The van der Waals surface area contributed by atoms with Crippen molar-refractivity contribution in [1.29, 1.82) is 0 Å². The quantitative estimate of drug-likeness (QED) is 0.633. The van der Waals surface area contributed by atoms with Gasteiger partial charge in [0, 0.05) is 5.02 Å². The Morgan fingerprint density at radius 2 is 1.80 bits per heavy atom. The Bertz CT molecular complexity index is 719. The summed E-state index contributed by atoms with van der Waals surface area (Å²) in [4.78, 5) is 0.124. The number of hydrogen-bond acceptors (Lipinski definition) is 3. The van der Waals surface area contributed by atoms with Crippen molar-refractivity contribution < 1.29 is 12.6 Å². The summed E-state index contributed by atoms with van der Waals surface area (Å²) in [6.45, 7) is 1.89. The molecular weight excluding hydrogens is 296 g/mol. The highest BCUT2D eigenvalue weighted by atomic mass is 35.5. The first-order chi connectivity index (χ1) is 9.47. The smallest absolute Gasteiger partial charge is 0.338 e. The average Bonchev–Trinajstić information content (AvgIpc) is 2.39. The van der Waals surface area contributed by atoms with E-state index >= 15 is 0 Å². The molecule has 0 aromatic heterocycles. The van der Waals surface area contributed by atoms with Gasteiger partial charge in [-0.1, -0.05) is 41.4 Å². The zero-order chi connectivity index (χ0) is 14.6. The Kier molecular flexibility index (Phi) is 4.47. The molecule has 0 heterocycles. The minimum Gasteiger partial charge on any atom is -0.387 e. The third-order valence-electron chi connectivity index (χ3n) is 2.60. The van der Waals surface area contributed by atoms with Crippen LogP contribution >= 0.6 is 11.6 Å². The Hall–Kier alpha value is -1.78. The highest BCUT2D eigenvalue weighted by molar-refractivity contribution is 7.86. The maximum atomic E-state index is 11.9. The zero-order valence-corrected chi connectivity index (χ0v) is 12.4. The van der Waals surface area contributed by atoms with Crippen molar-refractivity contribution in [3.63, 3.8) is 0 Å². The van der Waals surface area contributed by atoms with Crippen molar-refractivity contribution in [3.8, 4) is 0 Å². The largest absolute Gasteiger partial charge is 0.387 e. The number of benzene rings is 2. The zero-order valence-electron chi connectivity index (χ0n) is 10.8. The molecule has 0 amide bonds. The van der Waals surface area contributed by atoms with E-state index in [0.29, 0.717) is 5.02 Å². The van der Waals surface area contributed by atoms with Crippen molar-refractivity contribution >= 4 is 27.8 Å². The number of halogens is 1. The van der Waals surface area contributed by atoms with E-state index in [2.05, 4.69) is 0 Å². The maximum absolute atomic E-state index is 11.9. The molecule has 0 aliphatic carbocycles. The van der Waals surface area contributed by atoms with Crippen molar-refractivity contribution in [1.82, 2.24) is 0 Å². The van der Waals surface area contributed by atoms with Crippen LogP contribution in [0.25, 0.3) is 6.08 Å². The molecule has 0 atom stereocenters. The van der Waals surface area contributed by atoms with Gasteiger partial charge in [0.25, 0.3) is 0 Å². The van der Waals surface area contributed by atoms with Gasteiger partial charge in [0.05, 0.1) is 0 Å². The van der Waals surface area contributed by atoms with Crippen LogP contribution in [0.5, 0.6) is 0 Å². The number of rotatable bonds is 4. The molecule has 0 saturated carbocycles. The molecule has 2 aromatic carbocycles. The fourth-order valence-electron chi connectivity index (χ4n) is 1.55. The Labute approximate surface area is 123 Å². The van der Waals surface area contributed by atoms with E-state index in [1.807, 2.05) is 6.92 Å². The molecule has 2 rings (SSSR count). The molecule has 0 spiro atoms. The summed E-state index contributed by atoms with van der Waals surface area (Å²) in [6.07, 6.45) is 2.68. The fourth-order valence-corrected chi connectivity index (χ4v) is 2.53. The monoisotopic (exact) mass is 308 g/mol. The Balaban J connectivity index is 2.11. The summed E-state index contributed by atoms with van der Waals surface area (Å²) in [6, 6.07) is 13.5. The lowest BCUT2D eigenvalue weighted by molar-refractivity contribution is 0.446. The van der Waals surface area contributed by atoms with Crippen molar-refractivity contribution in [2.24, 2.45) is 0 Å². The van der Waals surface area contributed by atoms with Gasteiger partial charge in [-0.2, -0.15) is 8.42 Å². The molecule has 104 valence electrons. The van der Waals surface area contributed by atoms with Gasteiger partial charge in [0.15, 0.2) is 0 Å². The summed E-state index contributed by atoms with van der Waals surface area (Å²) in [5, 5.41) is 0.577. The summed E-state index contributed by atoms with van der Waals surface area (Å²) < 4.78 is 28.6. The Morgan fingerprint density at radius 1 is 1.10 bits per heavy atom. The summed E-state index contributed by atoms with van der Waals surface area (Å²) in [5.74, 6) is 0. The molecular formula is C15H13ClO3S. The SMILES string of the molecule is Cc1ccc(S(=O)(=O)OC=Cc2cccc(Cl)c2)cc1. The van der Waals surface area contributed by atoms with Crippen molar-refractivity contribution in [2.45, 2.75) is 11.8 Å². The third-order valence-corrected chi connectivity index (χ3v) is 4.05. The lowest BCUT2D eigenvalue weighted by Crippen LogP contribution is -2.01. The van der Waals surface area contributed by atoms with Gasteiger partial charge < -0.3 is 4.18 Å². The standard InChI is InChI=1S/C15H13ClO3S/c1-12-5-7-15(8-6-12)20(17,18)19-10-9-13-3-2-4-14(16)11-13/h2-11H,1H3. The van der Waals surface area contributed by atoms with Crippen LogP contribution in [0.1, 0.15) is 11.1 Å². The van der Waals surface area contributed by atoms with Crippen molar-refractivity contribution in [3.05, 3.63) is 70.9 Å². The van der Waals surface area contributed by atoms with Crippen LogP contribution in [-0.2, 0) is 14.3 Å². The van der Waals surface area contributed by atoms with E-state index in [0.717, 1.165) is 17.4 Å². The predicted molar refractivity (Wildman–Crippen MR) is 79.9 cm³/mol. The second kappa shape index (κ2) is 6.11. The van der Waals surface area contributed by atoms with E-state index < -0.39 is 10.1 Å². The van der Waals surface area contributed by atoms with Crippen LogP contribution in [0.4, 0.5) is 0 Å². The van der Waals surface area contributed by atoms with Crippen LogP contribution < -0.4 is 0 Å². The van der Waals surface area contributed by atoms with E-state index in [4.69, 9.17) is 15.8 Å². The topological polar surface area (TPSA) is 43.4 Å². The molecule has 0 N–H and O–H groups in total. The third kappa shape index (κ3) is 3.85. The number of aryl methyl sites for hydroxylation is 1. The van der Waals surface area contributed by atoms with Crippen LogP contribution in [0, 0.1) is 6.92 Å². The molecule has 0 bridgehead atoms.